The molecule has 0 amide bonds. The SMILES string of the molecule is CCCCCCCCNCOCCCC.CCCCCCCCNCOCCCO. The second-order valence-electron chi connectivity index (χ2n) is 8.07. The van der Waals surface area contributed by atoms with Gasteiger partial charge in [0, 0.05) is 13.2 Å². The van der Waals surface area contributed by atoms with Crippen LogP contribution in [0.4, 0.5) is 0 Å². The third-order valence-corrected chi connectivity index (χ3v) is 4.91. The van der Waals surface area contributed by atoms with Crippen LogP contribution in [0, 0.1) is 0 Å². The van der Waals surface area contributed by atoms with Crippen molar-refractivity contribution in [1.29, 1.82) is 0 Å². The molecule has 0 saturated heterocycles. The zero-order chi connectivity index (χ0) is 22.4. The highest BCUT2D eigenvalue weighted by molar-refractivity contribution is 4.47. The Balaban J connectivity index is 0. The van der Waals surface area contributed by atoms with E-state index >= 15 is 0 Å². The molecule has 3 N–H and O–H groups in total. The summed E-state index contributed by atoms with van der Waals surface area (Å²) in [7, 11) is 0. The quantitative estimate of drug-likeness (QED) is 0.129. The maximum atomic E-state index is 8.51. The molecule has 0 radical (unpaired) electrons. The summed E-state index contributed by atoms with van der Waals surface area (Å²) in [4.78, 5) is 0. The van der Waals surface area contributed by atoms with Crippen LogP contribution in [0.2, 0.25) is 0 Å². The van der Waals surface area contributed by atoms with Gasteiger partial charge in [-0.2, -0.15) is 0 Å². The van der Waals surface area contributed by atoms with Gasteiger partial charge in [-0.1, -0.05) is 91.4 Å². The zero-order valence-corrected chi connectivity index (χ0v) is 20.8. The Morgan fingerprint density at radius 1 is 0.500 bits per heavy atom. The van der Waals surface area contributed by atoms with Gasteiger partial charge in [-0.3, -0.25) is 10.6 Å². The van der Waals surface area contributed by atoms with Crippen molar-refractivity contribution in [1.82, 2.24) is 10.6 Å². The van der Waals surface area contributed by atoms with Crippen LogP contribution < -0.4 is 10.6 Å². The first-order chi connectivity index (χ1) is 14.8. The molecule has 0 bridgehead atoms. The van der Waals surface area contributed by atoms with Gasteiger partial charge in [0.25, 0.3) is 0 Å². The van der Waals surface area contributed by atoms with Gasteiger partial charge in [0.15, 0.2) is 0 Å². The lowest BCUT2D eigenvalue weighted by Gasteiger charge is -2.05. The van der Waals surface area contributed by atoms with Crippen LogP contribution in [-0.4, -0.2) is 51.5 Å². The first-order valence-electron chi connectivity index (χ1n) is 13.0. The van der Waals surface area contributed by atoms with Crippen molar-refractivity contribution in [3.05, 3.63) is 0 Å². The van der Waals surface area contributed by atoms with E-state index in [0.29, 0.717) is 13.3 Å². The largest absolute Gasteiger partial charge is 0.396 e. The lowest BCUT2D eigenvalue weighted by Crippen LogP contribution is -2.19. The number of unbranched alkanes of at least 4 members (excludes halogenated alkanes) is 11. The third-order valence-electron chi connectivity index (χ3n) is 4.91. The van der Waals surface area contributed by atoms with E-state index in [1.807, 2.05) is 0 Å². The fraction of sp³-hybridized carbons (Fsp3) is 1.00. The van der Waals surface area contributed by atoms with Gasteiger partial charge in [0.1, 0.15) is 0 Å². The summed E-state index contributed by atoms with van der Waals surface area (Å²) in [6, 6.07) is 0. The van der Waals surface area contributed by atoms with Gasteiger partial charge in [0.05, 0.1) is 20.1 Å². The molecular weight excluding hydrogens is 376 g/mol. The molecule has 0 aliphatic rings. The molecule has 30 heavy (non-hydrogen) atoms. The molecule has 0 saturated carbocycles. The molecule has 0 spiro atoms. The first kappa shape index (κ1) is 32.0. The number of aliphatic hydroxyl groups excluding tert-OH is 1. The summed E-state index contributed by atoms with van der Waals surface area (Å²) < 4.78 is 10.7. The smallest absolute Gasteiger partial charge is 0.0965 e. The van der Waals surface area contributed by atoms with Crippen molar-refractivity contribution >= 4 is 0 Å². The summed E-state index contributed by atoms with van der Waals surface area (Å²) >= 11 is 0. The Kier molecular flexibility index (Phi) is 35.6. The molecule has 5 nitrogen and oxygen atoms in total. The highest BCUT2D eigenvalue weighted by Crippen LogP contribution is 2.04. The molecule has 0 aromatic heterocycles. The van der Waals surface area contributed by atoms with E-state index in [1.54, 1.807) is 0 Å². The Labute approximate surface area is 189 Å². The Bertz CT molecular complexity index is 219. The molecule has 0 rings (SSSR count). The standard InChI is InChI=1S/C13H29NO.C12H27NO2/c1-3-5-7-8-9-10-11-14-13-15-12-6-4-2;1-2-3-4-5-6-7-9-13-12-15-11-8-10-14/h14H,3-13H2,1-2H3;13-14H,2-12H2,1H3. The molecule has 0 aromatic carbocycles. The maximum absolute atomic E-state index is 8.51. The van der Waals surface area contributed by atoms with Crippen LogP contribution in [0.15, 0.2) is 0 Å². The molecule has 0 aliphatic carbocycles. The Morgan fingerprint density at radius 3 is 1.33 bits per heavy atom. The topological polar surface area (TPSA) is 62.8 Å². The second-order valence-corrected chi connectivity index (χ2v) is 8.07. The lowest BCUT2D eigenvalue weighted by molar-refractivity contribution is 0.101. The fourth-order valence-electron chi connectivity index (χ4n) is 2.91. The maximum Gasteiger partial charge on any atom is 0.0965 e. The minimum Gasteiger partial charge on any atom is -0.396 e. The summed E-state index contributed by atoms with van der Waals surface area (Å²) in [6.07, 6.45) is 19.3. The number of ether oxygens (including phenoxy) is 2. The van der Waals surface area contributed by atoms with Gasteiger partial charge in [-0.15, -0.1) is 0 Å². The van der Waals surface area contributed by atoms with Crippen LogP contribution in [-0.2, 0) is 9.47 Å². The van der Waals surface area contributed by atoms with Crippen LogP contribution in [0.1, 0.15) is 117 Å². The van der Waals surface area contributed by atoms with E-state index < -0.39 is 0 Å². The van der Waals surface area contributed by atoms with E-state index in [1.165, 1.54) is 89.9 Å². The number of hydrogen-bond donors (Lipinski definition) is 3. The van der Waals surface area contributed by atoms with Gasteiger partial charge in [-0.25, -0.2) is 0 Å². The van der Waals surface area contributed by atoms with Crippen LogP contribution in [0.25, 0.3) is 0 Å². The highest BCUT2D eigenvalue weighted by atomic mass is 16.5. The summed E-state index contributed by atoms with van der Waals surface area (Å²) in [5, 5.41) is 15.1. The third kappa shape index (κ3) is 35.3. The molecule has 184 valence electrons. The Hall–Kier alpha value is -0.200. The first-order valence-corrected chi connectivity index (χ1v) is 13.0. The molecule has 0 heterocycles. The molecule has 0 atom stereocenters. The van der Waals surface area contributed by atoms with Crippen LogP contribution in [0.5, 0.6) is 0 Å². The predicted octanol–water partition coefficient (Wildman–Crippen LogP) is 6.00. The number of rotatable bonds is 24. The van der Waals surface area contributed by atoms with Crippen LogP contribution in [0.3, 0.4) is 0 Å². The average molecular weight is 433 g/mol. The van der Waals surface area contributed by atoms with Gasteiger partial charge >= 0.3 is 0 Å². The van der Waals surface area contributed by atoms with Gasteiger partial charge < -0.3 is 14.6 Å². The normalized spacial score (nSPS) is 10.8. The van der Waals surface area contributed by atoms with E-state index in [-0.39, 0.29) is 6.61 Å². The lowest BCUT2D eigenvalue weighted by atomic mass is 10.1. The Morgan fingerprint density at radius 2 is 0.900 bits per heavy atom. The van der Waals surface area contributed by atoms with Crippen molar-refractivity contribution in [2.75, 3.05) is 46.4 Å². The number of aliphatic hydroxyl groups is 1. The van der Waals surface area contributed by atoms with Crippen molar-refractivity contribution in [3.8, 4) is 0 Å². The second kappa shape index (κ2) is 33.4. The highest BCUT2D eigenvalue weighted by Gasteiger charge is 1.92. The monoisotopic (exact) mass is 432 g/mol. The van der Waals surface area contributed by atoms with E-state index in [0.717, 1.165) is 32.8 Å². The molecule has 5 heteroatoms. The minimum atomic E-state index is 0.220. The fourth-order valence-corrected chi connectivity index (χ4v) is 2.91. The van der Waals surface area contributed by atoms with Gasteiger partial charge in [-0.05, 0) is 38.8 Å². The number of nitrogens with one attached hydrogen (secondary N) is 2. The molecule has 0 aliphatic heterocycles. The molecular formula is C25H56N2O3. The average Bonchev–Trinajstić information content (AvgIpc) is 2.76. The van der Waals surface area contributed by atoms with Crippen LogP contribution >= 0.6 is 0 Å². The number of hydrogen-bond acceptors (Lipinski definition) is 5. The summed E-state index contributed by atoms with van der Waals surface area (Å²) in [5.74, 6) is 0. The zero-order valence-electron chi connectivity index (χ0n) is 20.8. The van der Waals surface area contributed by atoms with Crippen molar-refractivity contribution in [2.24, 2.45) is 0 Å². The van der Waals surface area contributed by atoms with Gasteiger partial charge in [0.2, 0.25) is 0 Å². The van der Waals surface area contributed by atoms with Crippen molar-refractivity contribution in [3.63, 3.8) is 0 Å². The van der Waals surface area contributed by atoms with Crippen molar-refractivity contribution in [2.45, 2.75) is 117 Å². The predicted molar refractivity (Wildman–Crippen MR) is 131 cm³/mol. The van der Waals surface area contributed by atoms with E-state index in [2.05, 4.69) is 31.4 Å². The summed E-state index contributed by atoms with van der Waals surface area (Å²) in [5.41, 5.74) is 0. The molecule has 0 unspecified atom stereocenters. The van der Waals surface area contributed by atoms with E-state index in [4.69, 9.17) is 14.6 Å². The van der Waals surface area contributed by atoms with E-state index in [9.17, 15) is 0 Å². The van der Waals surface area contributed by atoms with Crippen molar-refractivity contribution < 1.29 is 14.6 Å². The molecule has 0 aromatic rings. The minimum absolute atomic E-state index is 0.220. The molecule has 0 fully saturated rings. The summed E-state index contributed by atoms with van der Waals surface area (Å²) in [6.45, 7) is 12.0.